The van der Waals surface area contributed by atoms with Crippen LogP contribution < -0.4 is 0 Å². The van der Waals surface area contributed by atoms with Crippen molar-refractivity contribution in [2.75, 3.05) is 6.61 Å². The van der Waals surface area contributed by atoms with E-state index in [0.717, 1.165) is 16.9 Å². The van der Waals surface area contributed by atoms with Gasteiger partial charge in [0.2, 0.25) is 0 Å². The zero-order chi connectivity index (χ0) is 15.7. The van der Waals surface area contributed by atoms with Crippen LogP contribution in [-0.4, -0.2) is 32.3 Å². The highest BCUT2D eigenvalue weighted by molar-refractivity contribution is 5.92. The number of imidazole rings is 1. The first-order valence-corrected chi connectivity index (χ1v) is 7.22. The summed E-state index contributed by atoms with van der Waals surface area (Å²) >= 11 is 0. The summed E-state index contributed by atoms with van der Waals surface area (Å²) < 4.78 is 2.00. The Hall–Kier alpha value is -1.88. The standard InChI is InChI=1S/C16H22N2O3/c1-9(2)14(8-19)18-13-7-11(16(20)21)5-6-12(13)17-15(18)10(3)4/h5-7,9-10,14,19H,8H2,1-4H3,(H,20,21). The number of fused-ring (bicyclic) bond motifs is 1. The van der Waals surface area contributed by atoms with Crippen LogP contribution in [-0.2, 0) is 0 Å². The molecule has 114 valence electrons. The highest BCUT2D eigenvalue weighted by Crippen LogP contribution is 2.30. The fourth-order valence-corrected chi connectivity index (χ4v) is 2.59. The minimum atomic E-state index is -0.958. The van der Waals surface area contributed by atoms with E-state index in [1.54, 1.807) is 18.2 Å². The van der Waals surface area contributed by atoms with Gasteiger partial charge in [0.25, 0.3) is 0 Å². The molecule has 21 heavy (non-hydrogen) atoms. The number of carboxylic acid groups (broad SMARTS) is 1. The van der Waals surface area contributed by atoms with Crippen LogP contribution in [0.25, 0.3) is 11.0 Å². The molecule has 0 saturated heterocycles. The third-order valence-corrected chi connectivity index (χ3v) is 3.77. The van der Waals surface area contributed by atoms with Crippen LogP contribution in [0.4, 0.5) is 0 Å². The predicted molar refractivity (Wildman–Crippen MR) is 81.7 cm³/mol. The number of hydrogen-bond acceptors (Lipinski definition) is 3. The number of benzene rings is 1. The Morgan fingerprint density at radius 2 is 1.95 bits per heavy atom. The second kappa shape index (κ2) is 5.85. The maximum Gasteiger partial charge on any atom is 0.335 e. The number of aliphatic hydroxyl groups is 1. The van der Waals surface area contributed by atoms with Crippen LogP contribution in [0, 0.1) is 5.92 Å². The summed E-state index contributed by atoms with van der Waals surface area (Å²) in [5, 5.41) is 18.9. The van der Waals surface area contributed by atoms with E-state index >= 15 is 0 Å². The van der Waals surface area contributed by atoms with Gasteiger partial charge < -0.3 is 14.8 Å². The molecule has 1 atom stereocenters. The molecule has 2 rings (SSSR count). The highest BCUT2D eigenvalue weighted by Gasteiger charge is 2.23. The molecule has 0 aliphatic carbocycles. The lowest BCUT2D eigenvalue weighted by atomic mass is 10.0. The molecule has 0 aliphatic heterocycles. The lowest BCUT2D eigenvalue weighted by molar-refractivity contribution is 0.0697. The Labute approximate surface area is 124 Å². The zero-order valence-electron chi connectivity index (χ0n) is 12.9. The molecule has 0 spiro atoms. The van der Waals surface area contributed by atoms with E-state index in [1.807, 2.05) is 32.3 Å². The molecule has 1 unspecified atom stereocenters. The summed E-state index contributed by atoms with van der Waals surface area (Å²) in [5.74, 6) is 0.331. The van der Waals surface area contributed by atoms with Crippen LogP contribution in [0.15, 0.2) is 18.2 Å². The van der Waals surface area contributed by atoms with Crippen molar-refractivity contribution in [2.45, 2.75) is 39.7 Å². The molecule has 5 nitrogen and oxygen atoms in total. The largest absolute Gasteiger partial charge is 0.478 e. The van der Waals surface area contributed by atoms with Gasteiger partial charge >= 0.3 is 5.97 Å². The minimum Gasteiger partial charge on any atom is -0.478 e. The van der Waals surface area contributed by atoms with Crippen LogP contribution in [0.5, 0.6) is 0 Å². The quantitative estimate of drug-likeness (QED) is 0.887. The minimum absolute atomic E-state index is 0.000145. The molecule has 2 aromatic rings. The molecular weight excluding hydrogens is 268 g/mol. The first-order valence-electron chi connectivity index (χ1n) is 7.22. The van der Waals surface area contributed by atoms with Gasteiger partial charge in [0.15, 0.2) is 0 Å². The summed E-state index contributed by atoms with van der Waals surface area (Å²) in [6.07, 6.45) is 0. The number of aromatic nitrogens is 2. The molecular formula is C16H22N2O3. The molecule has 0 aliphatic rings. The van der Waals surface area contributed by atoms with E-state index in [1.165, 1.54) is 0 Å². The summed E-state index contributed by atoms with van der Waals surface area (Å²) in [7, 11) is 0. The number of aliphatic hydroxyl groups excluding tert-OH is 1. The van der Waals surface area contributed by atoms with E-state index in [0.29, 0.717) is 0 Å². The molecule has 0 bridgehead atoms. The molecule has 5 heteroatoms. The maximum atomic E-state index is 11.2. The fraction of sp³-hybridized carbons (Fsp3) is 0.500. The highest BCUT2D eigenvalue weighted by atomic mass is 16.4. The van der Waals surface area contributed by atoms with Crippen molar-refractivity contribution in [3.05, 3.63) is 29.6 Å². The SMILES string of the molecule is CC(C)c1nc2ccc(C(=O)O)cc2n1C(CO)C(C)C. The normalized spacial score (nSPS) is 13.3. The molecule has 0 radical (unpaired) electrons. The van der Waals surface area contributed by atoms with Gasteiger partial charge in [-0.1, -0.05) is 27.7 Å². The molecule has 0 amide bonds. The zero-order valence-corrected chi connectivity index (χ0v) is 12.9. The smallest absolute Gasteiger partial charge is 0.335 e. The number of carbonyl (C=O) groups is 1. The lowest BCUT2D eigenvalue weighted by Gasteiger charge is -2.24. The van der Waals surface area contributed by atoms with Crippen molar-refractivity contribution in [1.29, 1.82) is 0 Å². The molecule has 1 aromatic carbocycles. The van der Waals surface area contributed by atoms with Crippen molar-refractivity contribution in [1.82, 2.24) is 9.55 Å². The van der Waals surface area contributed by atoms with Crippen molar-refractivity contribution in [2.24, 2.45) is 5.92 Å². The molecule has 0 fully saturated rings. The van der Waals surface area contributed by atoms with Crippen molar-refractivity contribution in [3.63, 3.8) is 0 Å². The second-order valence-corrected chi connectivity index (χ2v) is 6.00. The van der Waals surface area contributed by atoms with Crippen LogP contribution in [0.2, 0.25) is 0 Å². The van der Waals surface area contributed by atoms with E-state index in [-0.39, 0.29) is 30.0 Å². The number of nitrogens with zero attached hydrogens (tertiary/aromatic N) is 2. The lowest BCUT2D eigenvalue weighted by Crippen LogP contribution is -2.21. The monoisotopic (exact) mass is 290 g/mol. The van der Waals surface area contributed by atoms with Gasteiger partial charge in [-0.15, -0.1) is 0 Å². The number of aromatic carboxylic acids is 1. The maximum absolute atomic E-state index is 11.2. The van der Waals surface area contributed by atoms with Gasteiger partial charge in [-0.25, -0.2) is 9.78 Å². The summed E-state index contributed by atoms with van der Waals surface area (Å²) in [4.78, 5) is 15.8. The molecule has 2 N–H and O–H groups in total. The first kappa shape index (κ1) is 15.5. The van der Waals surface area contributed by atoms with Crippen molar-refractivity contribution >= 4 is 17.0 Å². The fourth-order valence-electron chi connectivity index (χ4n) is 2.59. The average Bonchev–Trinajstić information content (AvgIpc) is 2.78. The Bertz CT molecular complexity index is 659. The van der Waals surface area contributed by atoms with Gasteiger partial charge in [0, 0.05) is 5.92 Å². The Morgan fingerprint density at radius 1 is 1.29 bits per heavy atom. The van der Waals surface area contributed by atoms with Crippen LogP contribution >= 0.6 is 0 Å². The van der Waals surface area contributed by atoms with E-state index in [4.69, 9.17) is 0 Å². The van der Waals surface area contributed by atoms with Crippen LogP contribution in [0.3, 0.4) is 0 Å². The average molecular weight is 290 g/mol. The van der Waals surface area contributed by atoms with Crippen LogP contribution in [0.1, 0.15) is 55.8 Å². The topological polar surface area (TPSA) is 75.3 Å². The number of carboxylic acids is 1. The first-order chi connectivity index (χ1) is 9.86. The van der Waals surface area contributed by atoms with Gasteiger partial charge in [-0.05, 0) is 24.1 Å². The summed E-state index contributed by atoms with van der Waals surface area (Å²) in [6.45, 7) is 8.17. The van der Waals surface area contributed by atoms with E-state index in [2.05, 4.69) is 4.98 Å². The molecule has 0 saturated carbocycles. The van der Waals surface area contributed by atoms with E-state index < -0.39 is 5.97 Å². The Balaban J connectivity index is 2.75. The molecule has 1 aromatic heterocycles. The Kier molecular flexibility index (Phi) is 4.32. The second-order valence-electron chi connectivity index (χ2n) is 6.00. The van der Waals surface area contributed by atoms with Crippen molar-refractivity contribution < 1.29 is 15.0 Å². The third kappa shape index (κ3) is 2.78. The van der Waals surface area contributed by atoms with Gasteiger partial charge in [-0.2, -0.15) is 0 Å². The summed E-state index contributed by atoms with van der Waals surface area (Å²) in [5.41, 5.74) is 1.77. The molecule has 1 heterocycles. The number of rotatable bonds is 5. The third-order valence-electron chi connectivity index (χ3n) is 3.77. The van der Waals surface area contributed by atoms with Gasteiger partial charge in [0.1, 0.15) is 5.82 Å². The van der Waals surface area contributed by atoms with Gasteiger partial charge in [-0.3, -0.25) is 0 Å². The van der Waals surface area contributed by atoms with E-state index in [9.17, 15) is 15.0 Å². The van der Waals surface area contributed by atoms with Gasteiger partial charge in [0.05, 0.1) is 29.2 Å². The number of hydrogen-bond donors (Lipinski definition) is 2. The van der Waals surface area contributed by atoms with Crippen molar-refractivity contribution in [3.8, 4) is 0 Å². The predicted octanol–water partition coefficient (Wildman–Crippen LogP) is 3.05. The Morgan fingerprint density at radius 3 is 2.43 bits per heavy atom. The summed E-state index contributed by atoms with van der Waals surface area (Å²) in [6, 6.07) is 4.82.